The van der Waals surface area contributed by atoms with Crippen LogP contribution < -0.4 is 5.32 Å². The maximum Gasteiger partial charge on any atom is 0.305 e. The van der Waals surface area contributed by atoms with Gasteiger partial charge >= 0.3 is 5.97 Å². The van der Waals surface area contributed by atoms with Crippen LogP contribution in [0.4, 0.5) is 0 Å². The first-order valence-corrected chi connectivity index (χ1v) is 31.4. The van der Waals surface area contributed by atoms with Crippen LogP contribution in [0.2, 0.25) is 0 Å². The Bertz CT molecular complexity index is 1190. The molecule has 416 valence electrons. The van der Waals surface area contributed by atoms with Crippen LogP contribution in [0.5, 0.6) is 0 Å². The van der Waals surface area contributed by atoms with Crippen LogP contribution in [0.1, 0.15) is 328 Å². The molecule has 3 N–H and O–H groups in total. The number of unbranched alkanes of at least 4 members (excludes halogenated alkanes) is 40. The van der Waals surface area contributed by atoms with E-state index in [1.165, 1.54) is 212 Å². The summed E-state index contributed by atoms with van der Waals surface area (Å²) in [6.45, 7) is 4.89. The van der Waals surface area contributed by atoms with E-state index in [-0.39, 0.29) is 18.5 Å². The summed E-state index contributed by atoms with van der Waals surface area (Å²) >= 11 is 0. The second kappa shape index (κ2) is 60.4. The number of esters is 1. The van der Waals surface area contributed by atoms with Crippen molar-refractivity contribution >= 4 is 11.9 Å². The third-order valence-corrected chi connectivity index (χ3v) is 14.4. The van der Waals surface area contributed by atoms with Crippen LogP contribution in [0.15, 0.2) is 48.6 Å². The zero-order valence-corrected chi connectivity index (χ0v) is 47.5. The number of rotatable bonds is 58. The van der Waals surface area contributed by atoms with Crippen LogP contribution in [0.25, 0.3) is 0 Å². The van der Waals surface area contributed by atoms with Gasteiger partial charge in [-0.1, -0.05) is 274 Å². The van der Waals surface area contributed by atoms with E-state index in [9.17, 15) is 19.8 Å². The third-order valence-electron chi connectivity index (χ3n) is 14.4. The molecular weight excluding hydrogens is 875 g/mol. The van der Waals surface area contributed by atoms with Gasteiger partial charge in [0.15, 0.2) is 0 Å². The largest absolute Gasteiger partial charge is 0.466 e. The first-order valence-electron chi connectivity index (χ1n) is 31.4. The Morgan fingerprint density at radius 3 is 1.17 bits per heavy atom. The summed E-state index contributed by atoms with van der Waals surface area (Å²) in [4.78, 5) is 24.6. The van der Waals surface area contributed by atoms with Gasteiger partial charge in [-0.2, -0.15) is 0 Å². The average Bonchev–Trinajstić information content (AvgIpc) is 3.37. The van der Waals surface area contributed by atoms with Gasteiger partial charge in [-0.3, -0.25) is 9.59 Å². The van der Waals surface area contributed by atoms with E-state index in [0.29, 0.717) is 25.9 Å². The van der Waals surface area contributed by atoms with E-state index >= 15 is 0 Å². The smallest absolute Gasteiger partial charge is 0.305 e. The molecule has 2 atom stereocenters. The van der Waals surface area contributed by atoms with E-state index in [1.807, 2.05) is 0 Å². The molecule has 0 saturated carbocycles. The fraction of sp³-hybridized carbons (Fsp3) is 0.846. The van der Waals surface area contributed by atoms with Crippen molar-refractivity contribution in [1.82, 2.24) is 5.32 Å². The van der Waals surface area contributed by atoms with Crippen molar-refractivity contribution in [2.45, 2.75) is 341 Å². The van der Waals surface area contributed by atoms with Crippen molar-refractivity contribution < 1.29 is 24.5 Å². The minimum atomic E-state index is -0.681. The molecule has 6 heteroatoms. The molecule has 2 unspecified atom stereocenters. The molecule has 0 aromatic rings. The van der Waals surface area contributed by atoms with Crippen molar-refractivity contribution in [2.24, 2.45) is 0 Å². The van der Waals surface area contributed by atoms with Gasteiger partial charge < -0.3 is 20.3 Å². The number of aliphatic hydroxyl groups is 2. The molecule has 71 heavy (non-hydrogen) atoms. The number of nitrogens with one attached hydrogen (secondary N) is 1. The SMILES string of the molecule is CCCCCC/C=C\C/C=C\CCCCCCCCCC(=O)OCCCCC/C=C\C=C/CCCCCCCCC(=O)NC(CO)C(O)CCCCCCCCCCCCCCCCCCCCCCC. The Morgan fingerprint density at radius 1 is 0.408 bits per heavy atom. The summed E-state index contributed by atoms with van der Waals surface area (Å²) in [6.07, 6.45) is 76.9. The van der Waals surface area contributed by atoms with Gasteiger partial charge in [0.1, 0.15) is 0 Å². The molecule has 0 rings (SSSR count). The van der Waals surface area contributed by atoms with E-state index in [0.717, 1.165) is 83.5 Å². The van der Waals surface area contributed by atoms with Crippen LogP contribution in [0, 0.1) is 0 Å². The molecule has 0 aromatic carbocycles. The highest BCUT2D eigenvalue weighted by molar-refractivity contribution is 5.76. The van der Waals surface area contributed by atoms with Crippen molar-refractivity contribution in [2.75, 3.05) is 13.2 Å². The maximum atomic E-state index is 12.5. The Kier molecular flexibility index (Phi) is 58.5. The fourth-order valence-electron chi connectivity index (χ4n) is 9.54. The lowest BCUT2D eigenvalue weighted by atomic mass is 10.0. The predicted molar refractivity (Wildman–Crippen MR) is 310 cm³/mol. The molecule has 0 aliphatic carbocycles. The molecule has 6 nitrogen and oxygen atoms in total. The molecule has 0 spiro atoms. The summed E-state index contributed by atoms with van der Waals surface area (Å²) in [6, 6.07) is -0.561. The van der Waals surface area contributed by atoms with E-state index in [4.69, 9.17) is 4.74 Å². The van der Waals surface area contributed by atoms with Crippen molar-refractivity contribution in [3.63, 3.8) is 0 Å². The van der Waals surface area contributed by atoms with Crippen molar-refractivity contribution in [1.29, 1.82) is 0 Å². The highest BCUT2D eigenvalue weighted by Gasteiger charge is 2.20. The predicted octanol–water partition coefficient (Wildman–Crippen LogP) is 19.7. The Morgan fingerprint density at radius 2 is 0.746 bits per heavy atom. The van der Waals surface area contributed by atoms with Gasteiger partial charge in [-0.05, 0) is 89.9 Å². The number of aliphatic hydroxyl groups excluding tert-OH is 2. The lowest BCUT2D eigenvalue weighted by Gasteiger charge is -2.22. The van der Waals surface area contributed by atoms with E-state index in [1.54, 1.807) is 0 Å². The van der Waals surface area contributed by atoms with Gasteiger partial charge in [0.05, 0.1) is 25.4 Å². The molecule has 1 amide bonds. The molecule has 0 aliphatic heterocycles. The topological polar surface area (TPSA) is 95.9 Å². The highest BCUT2D eigenvalue weighted by Crippen LogP contribution is 2.17. The lowest BCUT2D eigenvalue weighted by Crippen LogP contribution is -2.45. The van der Waals surface area contributed by atoms with Gasteiger partial charge in [0.25, 0.3) is 0 Å². The number of amides is 1. The molecule has 0 fully saturated rings. The quantitative estimate of drug-likeness (QED) is 0.0244. The van der Waals surface area contributed by atoms with E-state index < -0.39 is 12.1 Å². The number of carbonyl (C=O) groups excluding carboxylic acids is 2. The lowest BCUT2D eigenvalue weighted by molar-refractivity contribution is -0.143. The highest BCUT2D eigenvalue weighted by atomic mass is 16.5. The van der Waals surface area contributed by atoms with Gasteiger partial charge in [-0.25, -0.2) is 0 Å². The van der Waals surface area contributed by atoms with Crippen LogP contribution in [-0.2, 0) is 14.3 Å². The Balaban J connectivity index is 3.51. The number of ether oxygens (including phenoxy) is 1. The van der Waals surface area contributed by atoms with Crippen LogP contribution >= 0.6 is 0 Å². The Labute approximate surface area is 442 Å². The van der Waals surface area contributed by atoms with Gasteiger partial charge in [0.2, 0.25) is 5.91 Å². The summed E-state index contributed by atoms with van der Waals surface area (Å²) in [7, 11) is 0. The third kappa shape index (κ3) is 57.0. The molecule has 0 bridgehead atoms. The normalized spacial score (nSPS) is 12.9. The molecule has 0 aromatic heterocycles. The zero-order valence-electron chi connectivity index (χ0n) is 47.5. The first kappa shape index (κ1) is 68.8. The number of hydrogen-bond acceptors (Lipinski definition) is 5. The van der Waals surface area contributed by atoms with E-state index in [2.05, 4.69) is 67.8 Å². The minimum Gasteiger partial charge on any atom is -0.466 e. The number of carbonyl (C=O) groups is 2. The second-order valence-electron chi connectivity index (χ2n) is 21.4. The van der Waals surface area contributed by atoms with Gasteiger partial charge in [0, 0.05) is 12.8 Å². The standard InChI is InChI=1S/C65H121NO5/c1-3-5-7-9-11-13-15-17-19-21-23-24-25-26-29-33-37-41-45-49-53-57-63(68)62(61-67)66-64(69)58-54-50-46-42-38-34-30-28-32-36-40-44-48-52-56-60-71-65(70)59-55-51-47-43-39-35-31-27-22-20-18-16-14-12-10-8-6-4-2/h14,16,20,22,28,32,36,40,62-63,67-68H,3-13,15,17-19,21,23-27,29-31,33-35,37-39,41-61H2,1-2H3,(H,66,69)/b16-14-,22-20-,32-28-,40-36-. The molecular formula is C65H121NO5. The van der Waals surface area contributed by atoms with Crippen molar-refractivity contribution in [3.8, 4) is 0 Å². The molecule has 0 aliphatic rings. The average molecular weight is 997 g/mol. The first-order chi connectivity index (χ1) is 35.0. The Hall–Kier alpha value is -2.18. The summed E-state index contributed by atoms with van der Waals surface area (Å²) in [5.41, 5.74) is 0. The maximum absolute atomic E-state index is 12.5. The molecule has 0 heterocycles. The van der Waals surface area contributed by atoms with Crippen LogP contribution in [-0.4, -0.2) is 47.4 Å². The summed E-state index contributed by atoms with van der Waals surface area (Å²) in [5, 5.41) is 23.3. The minimum absolute atomic E-state index is 0.0287. The zero-order chi connectivity index (χ0) is 51.4. The monoisotopic (exact) mass is 996 g/mol. The second-order valence-corrected chi connectivity index (χ2v) is 21.4. The fourth-order valence-corrected chi connectivity index (χ4v) is 9.54. The summed E-state index contributed by atoms with van der Waals surface area (Å²) in [5.74, 6) is -0.0845. The molecule has 0 radical (unpaired) electrons. The van der Waals surface area contributed by atoms with Crippen LogP contribution in [0.3, 0.4) is 0 Å². The van der Waals surface area contributed by atoms with Gasteiger partial charge in [-0.15, -0.1) is 0 Å². The number of allylic oxidation sites excluding steroid dienone is 8. The van der Waals surface area contributed by atoms with Crippen molar-refractivity contribution in [3.05, 3.63) is 48.6 Å². The number of hydrogen-bond donors (Lipinski definition) is 3. The summed E-state index contributed by atoms with van der Waals surface area (Å²) < 4.78 is 5.46. The molecule has 0 saturated heterocycles.